The molecule has 2 bridgehead atoms. The molecule has 10 heteroatoms. The summed E-state index contributed by atoms with van der Waals surface area (Å²) in [6.07, 6.45) is -1.87. The molecule has 30 heavy (non-hydrogen) atoms. The van der Waals surface area contributed by atoms with Crippen LogP contribution in [0.4, 0.5) is 29.1 Å². The summed E-state index contributed by atoms with van der Waals surface area (Å²) in [4.78, 5) is 24.2. The fourth-order valence-electron chi connectivity index (χ4n) is 4.18. The van der Waals surface area contributed by atoms with E-state index in [2.05, 4.69) is 15.3 Å². The van der Waals surface area contributed by atoms with Crippen LogP contribution < -0.4 is 10.2 Å². The van der Waals surface area contributed by atoms with Crippen molar-refractivity contribution in [1.29, 1.82) is 0 Å². The summed E-state index contributed by atoms with van der Waals surface area (Å²) in [6.45, 7) is 2.81. The van der Waals surface area contributed by atoms with Gasteiger partial charge in [-0.05, 0) is 25.0 Å². The number of piperidine rings is 1. The first-order chi connectivity index (χ1) is 14.3. The molecule has 160 valence electrons. The third kappa shape index (κ3) is 3.83. The van der Waals surface area contributed by atoms with Gasteiger partial charge in [0, 0.05) is 25.2 Å². The van der Waals surface area contributed by atoms with Gasteiger partial charge in [0.25, 0.3) is 0 Å². The normalized spacial score (nSPS) is 21.3. The topological polar surface area (TPSA) is 61.4 Å². The van der Waals surface area contributed by atoms with E-state index >= 15 is 0 Å². The van der Waals surface area contributed by atoms with Gasteiger partial charge in [0.1, 0.15) is 6.33 Å². The fourth-order valence-corrected chi connectivity index (χ4v) is 4.18. The van der Waals surface area contributed by atoms with Crippen molar-refractivity contribution < 1.29 is 22.4 Å². The number of nitrogens with one attached hydrogen (secondary N) is 1. The number of anilines is 2. The molecule has 0 radical (unpaired) electrons. The van der Waals surface area contributed by atoms with E-state index in [4.69, 9.17) is 0 Å². The number of hydrogen-bond donors (Lipinski definition) is 1. The Hall–Kier alpha value is -2.75. The lowest BCUT2D eigenvalue weighted by Crippen LogP contribution is -2.70. The molecular formula is C20H21F4N5O. The highest BCUT2D eigenvalue weighted by atomic mass is 19.4. The average molecular weight is 423 g/mol. The number of aryl methyl sites for hydroxylation is 1. The number of para-hydroxylation sites is 1. The van der Waals surface area contributed by atoms with Crippen LogP contribution in [0, 0.1) is 5.82 Å². The summed E-state index contributed by atoms with van der Waals surface area (Å²) >= 11 is 0. The smallest absolute Gasteiger partial charge is 0.351 e. The predicted molar refractivity (Wildman–Crippen MR) is 103 cm³/mol. The summed E-state index contributed by atoms with van der Waals surface area (Å²) in [5, 5.41) is 2.38. The average Bonchev–Trinajstić information content (AvgIpc) is 2.72. The first-order valence-electron chi connectivity index (χ1n) is 9.74. The van der Waals surface area contributed by atoms with Gasteiger partial charge in [0.2, 0.25) is 5.91 Å². The lowest BCUT2D eigenvalue weighted by molar-refractivity contribution is -0.137. The van der Waals surface area contributed by atoms with E-state index in [1.54, 1.807) is 0 Å². The van der Waals surface area contributed by atoms with Crippen LogP contribution in [-0.4, -0.2) is 52.5 Å². The number of piperazine rings is 1. The van der Waals surface area contributed by atoms with E-state index in [1.165, 1.54) is 24.5 Å². The van der Waals surface area contributed by atoms with Crippen LogP contribution in [0.5, 0.6) is 0 Å². The SMILES string of the molecule is CCc1ncnc(N2CC3CC(C2)N3CC(=O)Nc2ccccc2C(F)(F)F)c1F. The summed E-state index contributed by atoms with van der Waals surface area (Å²) in [5.74, 6) is -0.662. The van der Waals surface area contributed by atoms with Gasteiger partial charge in [-0.1, -0.05) is 19.1 Å². The maximum absolute atomic E-state index is 14.5. The molecule has 3 aliphatic heterocycles. The minimum absolute atomic E-state index is 0.0121. The summed E-state index contributed by atoms with van der Waals surface area (Å²) in [7, 11) is 0. The number of aromatic nitrogens is 2. The van der Waals surface area contributed by atoms with Gasteiger partial charge in [-0.3, -0.25) is 9.69 Å². The monoisotopic (exact) mass is 423 g/mol. The van der Waals surface area contributed by atoms with Crippen LogP contribution in [0.3, 0.4) is 0 Å². The Morgan fingerprint density at radius 3 is 2.57 bits per heavy atom. The number of nitrogens with zero attached hydrogens (tertiary/aromatic N) is 4. The molecule has 5 rings (SSSR count). The van der Waals surface area contributed by atoms with E-state index < -0.39 is 23.5 Å². The minimum Gasteiger partial charge on any atom is -0.351 e. The third-order valence-electron chi connectivity index (χ3n) is 5.65. The highest BCUT2D eigenvalue weighted by Crippen LogP contribution is 2.36. The van der Waals surface area contributed by atoms with Gasteiger partial charge >= 0.3 is 6.18 Å². The van der Waals surface area contributed by atoms with Crippen molar-refractivity contribution >= 4 is 17.4 Å². The molecule has 2 aromatic rings. The molecule has 2 atom stereocenters. The highest BCUT2D eigenvalue weighted by Gasteiger charge is 2.46. The van der Waals surface area contributed by atoms with Gasteiger partial charge in [0.05, 0.1) is 23.5 Å². The van der Waals surface area contributed by atoms with Gasteiger partial charge in [-0.15, -0.1) is 0 Å². The maximum Gasteiger partial charge on any atom is 0.418 e. The van der Waals surface area contributed by atoms with Crippen LogP contribution in [0.25, 0.3) is 0 Å². The molecule has 3 fully saturated rings. The van der Waals surface area contributed by atoms with E-state index in [9.17, 15) is 22.4 Å². The standard InChI is InChI=1S/C20H21F4N5O/c1-2-15-18(21)19(26-11-25-15)28-8-12-7-13(9-28)29(12)10-17(30)27-16-6-4-3-5-14(16)20(22,23)24/h3-6,11-13H,2,7-10H2,1H3,(H,27,30). The van der Waals surface area contributed by atoms with Crippen molar-refractivity contribution in [2.45, 2.75) is 38.0 Å². The molecule has 6 nitrogen and oxygen atoms in total. The molecule has 1 amide bonds. The van der Waals surface area contributed by atoms with Crippen LogP contribution >= 0.6 is 0 Å². The number of carbonyl (C=O) groups excluding carboxylic acids is 1. The molecular weight excluding hydrogens is 402 g/mol. The predicted octanol–water partition coefficient (Wildman–Crippen LogP) is 3.10. The molecule has 1 aromatic carbocycles. The second kappa shape index (κ2) is 7.82. The van der Waals surface area contributed by atoms with E-state index in [1.807, 2.05) is 16.7 Å². The van der Waals surface area contributed by atoms with E-state index in [0.29, 0.717) is 25.2 Å². The molecule has 1 N–H and O–H groups in total. The van der Waals surface area contributed by atoms with Crippen LogP contribution in [0.2, 0.25) is 0 Å². The largest absolute Gasteiger partial charge is 0.418 e. The Morgan fingerprint density at radius 2 is 1.90 bits per heavy atom. The van der Waals surface area contributed by atoms with Crippen molar-refractivity contribution in [3.05, 3.63) is 47.7 Å². The molecule has 1 aromatic heterocycles. The number of rotatable bonds is 5. The van der Waals surface area contributed by atoms with E-state index in [-0.39, 0.29) is 30.1 Å². The summed E-state index contributed by atoms with van der Waals surface area (Å²) in [5.41, 5.74) is -0.768. The summed E-state index contributed by atoms with van der Waals surface area (Å²) < 4.78 is 53.9. The molecule has 3 saturated heterocycles. The van der Waals surface area contributed by atoms with Crippen molar-refractivity contribution in [3.63, 3.8) is 0 Å². The third-order valence-corrected chi connectivity index (χ3v) is 5.65. The number of alkyl halides is 3. The zero-order valence-electron chi connectivity index (χ0n) is 16.3. The van der Waals surface area contributed by atoms with Gasteiger partial charge in [0.15, 0.2) is 11.6 Å². The number of amides is 1. The van der Waals surface area contributed by atoms with Crippen LogP contribution in [0.15, 0.2) is 30.6 Å². The Kier molecular flexibility index (Phi) is 5.35. The summed E-state index contributed by atoms with van der Waals surface area (Å²) in [6, 6.07) is 4.94. The Balaban J connectivity index is 1.39. The van der Waals surface area contributed by atoms with Crippen LogP contribution in [-0.2, 0) is 17.4 Å². The molecule has 0 aliphatic carbocycles. The second-order valence-corrected chi connectivity index (χ2v) is 7.52. The number of hydrogen-bond acceptors (Lipinski definition) is 5. The van der Waals surface area contributed by atoms with Gasteiger partial charge in [-0.25, -0.2) is 14.4 Å². The van der Waals surface area contributed by atoms with Crippen molar-refractivity contribution in [1.82, 2.24) is 14.9 Å². The zero-order chi connectivity index (χ0) is 21.5. The van der Waals surface area contributed by atoms with Crippen LogP contribution in [0.1, 0.15) is 24.6 Å². The van der Waals surface area contributed by atoms with Gasteiger partial charge < -0.3 is 10.2 Å². The second-order valence-electron chi connectivity index (χ2n) is 7.52. The molecule has 0 saturated carbocycles. The Labute approximate surface area is 170 Å². The number of carbonyl (C=O) groups is 1. The van der Waals surface area contributed by atoms with Crippen molar-refractivity contribution in [2.75, 3.05) is 29.9 Å². The Bertz CT molecular complexity index is 939. The quantitative estimate of drug-likeness (QED) is 0.749. The zero-order valence-corrected chi connectivity index (χ0v) is 16.3. The lowest BCUT2D eigenvalue weighted by atomic mass is 9.87. The number of halogens is 4. The lowest BCUT2D eigenvalue weighted by Gasteiger charge is -2.56. The minimum atomic E-state index is -4.55. The number of fused-ring (bicyclic) bond motifs is 2. The first-order valence-corrected chi connectivity index (χ1v) is 9.74. The molecule has 4 heterocycles. The van der Waals surface area contributed by atoms with Gasteiger partial charge in [-0.2, -0.15) is 13.2 Å². The molecule has 2 unspecified atom stereocenters. The Morgan fingerprint density at radius 1 is 1.20 bits per heavy atom. The first kappa shape index (κ1) is 20.5. The molecule has 0 spiro atoms. The van der Waals surface area contributed by atoms with E-state index in [0.717, 1.165) is 12.5 Å². The highest BCUT2D eigenvalue weighted by molar-refractivity contribution is 5.93. The molecule has 3 aliphatic rings. The van der Waals surface area contributed by atoms with Crippen molar-refractivity contribution in [3.8, 4) is 0 Å². The fraction of sp³-hybridized carbons (Fsp3) is 0.450. The number of benzene rings is 1. The maximum atomic E-state index is 14.5. The van der Waals surface area contributed by atoms with Crippen molar-refractivity contribution in [2.24, 2.45) is 0 Å².